The highest BCUT2D eigenvalue weighted by Gasteiger charge is 2.17. The van der Waals surface area contributed by atoms with Crippen LogP contribution in [-0.2, 0) is 0 Å². The summed E-state index contributed by atoms with van der Waals surface area (Å²) in [6.07, 6.45) is 3.39. The second-order valence-electron chi connectivity index (χ2n) is 6.56. The van der Waals surface area contributed by atoms with E-state index in [4.69, 9.17) is 0 Å². The van der Waals surface area contributed by atoms with E-state index >= 15 is 0 Å². The van der Waals surface area contributed by atoms with Crippen LogP contribution in [-0.4, -0.2) is 21.0 Å². The highest BCUT2D eigenvalue weighted by atomic mass is 19.1. The Morgan fingerprint density at radius 3 is 2.79 bits per heavy atom. The zero-order chi connectivity index (χ0) is 19.1. The minimum atomic E-state index is -0.343. The summed E-state index contributed by atoms with van der Waals surface area (Å²) in [5.41, 5.74) is 4.09. The molecule has 6 heteroatoms. The molecule has 0 radical (unpaired) electrons. The van der Waals surface area contributed by atoms with E-state index in [0.29, 0.717) is 27.7 Å². The fourth-order valence-electron chi connectivity index (χ4n) is 3.39. The number of aromatic amines is 2. The molecule has 5 rings (SSSR count). The first-order chi connectivity index (χ1) is 13.7. The van der Waals surface area contributed by atoms with Crippen LogP contribution in [0.25, 0.3) is 21.8 Å². The van der Waals surface area contributed by atoms with E-state index in [-0.39, 0.29) is 11.6 Å². The smallest absolute Gasteiger partial charge is 0.197 e. The number of aromatic nitrogens is 3. The van der Waals surface area contributed by atoms with Gasteiger partial charge in [-0.3, -0.25) is 9.89 Å². The molecule has 0 spiro atoms. The first kappa shape index (κ1) is 16.3. The van der Waals surface area contributed by atoms with Gasteiger partial charge < -0.3 is 10.3 Å². The van der Waals surface area contributed by atoms with Crippen LogP contribution >= 0.6 is 0 Å². The van der Waals surface area contributed by atoms with Crippen LogP contribution in [0, 0.1) is 5.82 Å². The van der Waals surface area contributed by atoms with Gasteiger partial charge in [-0.1, -0.05) is 12.1 Å². The summed E-state index contributed by atoms with van der Waals surface area (Å²) in [7, 11) is 0. The number of nitrogens with zero attached hydrogens (tertiary/aromatic N) is 1. The number of anilines is 2. The highest BCUT2D eigenvalue weighted by Crippen LogP contribution is 2.28. The van der Waals surface area contributed by atoms with Crippen molar-refractivity contribution in [2.45, 2.75) is 0 Å². The Hall–Kier alpha value is -3.93. The van der Waals surface area contributed by atoms with Crippen LogP contribution < -0.4 is 5.32 Å². The maximum atomic E-state index is 13.4. The number of fused-ring (bicyclic) bond motifs is 2. The normalized spacial score (nSPS) is 11.2. The Morgan fingerprint density at radius 2 is 1.86 bits per heavy atom. The van der Waals surface area contributed by atoms with Gasteiger partial charge in [-0.15, -0.1) is 0 Å². The average Bonchev–Trinajstić information content (AvgIpc) is 3.34. The Kier molecular flexibility index (Phi) is 3.69. The topological polar surface area (TPSA) is 73.6 Å². The molecule has 0 bridgehead atoms. The van der Waals surface area contributed by atoms with Crippen LogP contribution in [0.1, 0.15) is 15.9 Å². The van der Waals surface area contributed by atoms with Crippen molar-refractivity contribution < 1.29 is 9.18 Å². The van der Waals surface area contributed by atoms with Crippen molar-refractivity contribution in [2.24, 2.45) is 0 Å². The third-order valence-electron chi connectivity index (χ3n) is 4.78. The molecule has 0 saturated carbocycles. The highest BCUT2D eigenvalue weighted by molar-refractivity contribution is 6.18. The number of H-pyrrole nitrogens is 2. The van der Waals surface area contributed by atoms with Crippen LogP contribution in [0.2, 0.25) is 0 Å². The van der Waals surface area contributed by atoms with Gasteiger partial charge >= 0.3 is 0 Å². The van der Waals surface area contributed by atoms with Gasteiger partial charge in [0.2, 0.25) is 0 Å². The molecule has 0 unspecified atom stereocenters. The fourth-order valence-corrected chi connectivity index (χ4v) is 3.39. The first-order valence-corrected chi connectivity index (χ1v) is 8.79. The number of benzene rings is 3. The molecule has 0 aliphatic heterocycles. The van der Waals surface area contributed by atoms with Gasteiger partial charge in [0.1, 0.15) is 5.82 Å². The summed E-state index contributed by atoms with van der Waals surface area (Å²) in [6.45, 7) is 0. The van der Waals surface area contributed by atoms with Gasteiger partial charge in [0.15, 0.2) is 5.78 Å². The lowest BCUT2D eigenvalue weighted by atomic mass is 10.0. The summed E-state index contributed by atoms with van der Waals surface area (Å²) in [6, 6.07) is 17.5. The molecule has 5 aromatic rings. The molecule has 0 saturated heterocycles. The monoisotopic (exact) mass is 370 g/mol. The number of carbonyl (C=O) groups excluding carboxylic acids is 1. The minimum Gasteiger partial charge on any atom is -0.360 e. The predicted molar refractivity (Wildman–Crippen MR) is 108 cm³/mol. The molecule has 3 N–H and O–H groups in total. The van der Waals surface area contributed by atoms with Gasteiger partial charge in [0.25, 0.3) is 0 Å². The van der Waals surface area contributed by atoms with E-state index in [2.05, 4.69) is 20.5 Å². The molecule has 28 heavy (non-hydrogen) atoms. The van der Waals surface area contributed by atoms with E-state index in [1.807, 2.05) is 36.4 Å². The van der Waals surface area contributed by atoms with Crippen molar-refractivity contribution in [2.75, 3.05) is 5.32 Å². The van der Waals surface area contributed by atoms with E-state index < -0.39 is 0 Å². The number of carbonyl (C=O) groups is 1. The standard InChI is InChI=1S/C22H15FN4O/c23-14-6-8-16-18(12-24-21(16)9-14)22(28)17-3-1-2-4-19(17)26-15-7-5-13-11-25-27-20(13)10-15/h1-12,24,26H,(H,25,27). The molecule has 0 amide bonds. The van der Waals surface area contributed by atoms with E-state index in [0.717, 1.165) is 16.6 Å². The summed E-state index contributed by atoms with van der Waals surface area (Å²) in [5, 5.41) is 12.0. The molecule has 0 aliphatic carbocycles. The van der Waals surface area contributed by atoms with Crippen LogP contribution in [0.3, 0.4) is 0 Å². The number of para-hydroxylation sites is 1. The van der Waals surface area contributed by atoms with Gasteiger partial charge in [-0.2, -0.15) is 5.10 Å². The van der Waals surface area contributed by atoms with Crippen molar-refractivity contribution in [3.8, 4) is 0 Å². The summed E-state index contributed by atoms with van der Waals surface area (Å²) in [5.74, 6) is -0.479. The molecule has 136 valence electrons. The number of halogens is 1. The molecule has 0 atom stereocenters. The van der Waals surface area contributed by atoms with Crippen LogP contribution in [0.5, 0.6) is 0 Å². The lowest BCUT2D eigenvalue weighted by molar-refractivity contribution is 0.104. The van der Waals surface area contributed by atoms with E-state index in [9.17, 15) is 9.18 Å². The summed E-state index contributed by atoms with van der Waals surface area (Å²) >= 11 is 0. The number of ketones is 1. The minimum absolute atomic E-state index is 0.136. The van der Waals surface area contributed by atoms with Crippen molar-refractivity contribution in [1.29, 1.82) is 0 Å². The molecule has 2 heterocycles. The zero-order valence-electron chi connectivity index (χ0n) is 14.7. The lowest BCUT2D eigenvalue weighted by Crippen LogP contribution is -2.05. The first-order valence-electron chi connectivity index (χ1n) is 8.79. The third kappa shape index (κ3) is 2.72. The molecule has 5 nitrogen and oxygen atoms in total. The lowest BCUT2D eigenvalue weighted by Gasteiger charge is -2.11. The van der Waals surface area contributed by atoms with Crippen LogP contribution in [0.15, 0.2) is 73.1 Å². The van der Waals surface area contributed by atoms with Crippen molar-refractivity contribution >= 4 is 39.0 Å². The largest absolute Gasteiger partial charge is 0.360 e. The maximum absolute atomic E-state index is 13.4. The van der Waals surface area contributed by atoms with Crippen molar-refractivity contribution in [1.82, 2.24) is 15.2 Å². The number of rotatable bonds is 4. The molecule has 0 fully saturated rings. The Balaban J connectivity index is 1.54. The zero-order valence-corrected chi connectivity index (χ0v) is 14.7. The fraction of sp³-hybridized carbons (Fsp3) is 0. The number of hydrogen-bond acceptors (Lipinski definition) is 3. The van der Waals surface area contributed by atoms with Gasteiger partial charge in [-0.25, -0.2) is 4.39 Å². The van der Waals surface area contributed by atoms with Crippen molar-refractivity contribution in [3.05, 3.63) is 90.0 Å². The van der Waals surface area contributed by atoms with Gasteiger partial charge in [0, 0.05) is 45.0 Å². The quantitative estimate of drug-likeness (QED) is 0.383. The summed E-state index contributed by atoms with van der Waals surface area (Å²) in [4.78, 5) is 16.2. The second-order valence-corrected chi connectivity index (χ2v) is 6.56. The molecular formula is C22H15FN4O. The van der Waals surface area contributed by atoms with Crippen molar-refractivity contribution in [3.63, 3.8) is 0 Å². The molecular weight excluding hydrogens is 355 g/mol. The number of hydrogen-bond donors (Lipinski definition) is 3. The molecule has 3 aromatic carbocycles. The third-order valence-corrected chi connectivity index (χ3v) is 4.78. The molecule has 0 aliphatic rings. The maximum Gasteiger partial charge on any atom is 0.197 e. The molecule has 2 aromatic heterocycles. The average molecular weight is 370 g/mol. The van der Waals surface area contributed by atoms with E-state index in [1.165, 1.54) is 12.1 Å². The number of nitrogens with one attached hydrogen (secondary N) is 3. The Labute approximate surface area is 159 Å². The SMILES string of the molecule is O=C(c1ccccc1Nc1ccc2cn[nH]c2c1)c1c[nH]c2cc(F)ccc12. The van der Waals surface area contributed by atoms with Crippen LogP contribution in [0.4, 0.5) is 15.8 Å². The predicted octanol–water partition coefficient (Wildman–Crippen LogP) is 5.16. The summed E-state index contributed by atoms with van der Waals surface area (Å²) < 4.78 is 13.4. The Morgan fingerprint density at radius 1 is 0.964 bits per heavy atom. The Bertz CT molecular complexity index is 1330. The van der Waals surface area contributed by atoms with Gasteiger partial charge in [-0.05, 0) is 48.5 Å². The van der Waals surface area contributed by atoms with E-state index in [1.54, 1.807) is 24.5 Å². The second kappa shape index (κ2) is 6.35. The van der Waals surface area contributed by atoms with Gasteiger partial charge in [0.05, 0.1) is 11.7 Å².